The number of aldehydes is 1. The van der Waals surface area contributed by atoms with Gasteiger partial charge in [-0.3, -0.25) is 4.79 Å². The largest absolute Gasteiger partial charge is 0.464 e. The van der Waals surface area contributed by atoms with Gasteiger partial charge in [0, 0.05) is 5.56 Å². The minimum absolute atomic E-state index is 0.00286. The zero-order valence-corrected chi connectivity index (χ0v) is 12.4. The average Bonchev–Trinajstić information content (AvgIpc) is 2.42. The van der Waals surface area contributed by atoms with E-state index in [9.17, 15) is 14.4 Å². The number of methoxy groups -OCH3 is 1. The number of esters is 1. The van der Waals surface area contributed by atoms with Gasteiger partial charge in [0.05, 0.1) is 19.3 Å². The molecular formula is C14H18N2O5. The van der Waals surface area contributed by atoms with Crippen molar-refractivity contribution in [3.05, 3.63) is 29.1 Å². The Labute approximate surface area is 122 Å². The van der Waals surface area contributed by atoms with Gasteiger partial charge < -0.3 is 14.8 Å². The predicted octanol–water partition coefficient (Wildman–Crippen LogP) is 1.71. The van der Waals surface area contributed by atoms with E-state index in [0.29, 0.717) is 12.0 Å². The van der Waals surface area contributed by atoms with Crippen LogP contribution >= 0.6 is 0 Å². The normalized spacial score (nSPS) is 10.7. The van der Waals surface area contributed by atoms with Crippen LogP contribution in [0.1, 0.15) is 47.3 Å². The SMILES string of the molecule is COC(=O)c1cc(C=O)cc(CNC(=O)OC(C)(C)C)n1. The van der Waals surface area contributed by atoms with Gasteiger partial charge in [-0.05, 0) is 32.9 Å². The molecule has 7 nitrogen and oxygen atoms in total. The standard InChI is InChI=1S/C14H18N2O5/c1-14(2,3)21-13(19)15-7-10-5-9(8-17)6-11(16-10)12(18)20-4/h5-6,8H,7H2,1-4H3,(H,15,19). The van der Waals surface area contributed by atoms with Crippen LogP contribution < -0.4 is 5.32 Å². The Morgan fingerprint density at radius 2 is 2.00 bits per heavy atom. The quantitative estimate of drug-likeness (QED) is 0.671. The van der Waals surface area contributed by atoms with Gasteiger partial charge in [0.25, 0.3) is 0 Å². The van der Waals surface area contributed by atoms with Crippen LogP contribution in [0.4, 0.5) is 4.79 Å². The van der Waals surface area contributed by atoms with Gasteiger partial charge in [-0.1, -0.05) is 0 Å². The Bertz CT molecular complexity index is 549. The number of carbonyl (C=O) groups excluding carboxylic acids is 3. The van der Waals surface area contributed by atoms with Crippen LogP contribution in [0.3, 0.4) is 0 Å². The first-order chi connectivity index (χ1) is 9.75. The number of alkyl carbamates (subject to hydrolysis) is 1. The number of amides is 1. The third kappa shape index (κ3) is 5.60. The highest BCUT2D eigenvalue weighted by Gasteiger charge is 2.16. The number of pyridine rings is 1. The lowest BCUT2D eigenvalue weighted by molar-refractivity contribution is 0.0522. The summed E-state index contributed by atoms with van der Waals surface area (Å²) < 4.78 is 9.63. The highest BCUT2D eigenvalue weighted by Crippen LogP contribution is 2.08. The van der Waals surface area contributed by atoms with Crippen molar-refractivity contribution < 1.29 is 23.9 Å². The van der Waals surface area contributed by atoms with Gasteiger partial charge >= 0.3 is 12.1 Å². The molecule has 0 saturated carbocycles. The molecular weight excluding hydrogens is 276 g/mol. The molecule has 0 bridgehead atoms. The Morgan fingerprint density at radius 1 is 1.33 bits per heavy atom. The monoisotopic (exact) mass is 294 g/mol. The molecule has 1 rings (SSSR count). The molecule has 0 aliphatic carbocycles. The highest BCUT2D eigenvalue weighted by atomic mass is 16.6. The smallest absolute Gasteiger partial charge is 0.407 e. The molecule has 114 valence electrons. The van der Waals surface area contributed by atoms with Gasteiger partial charge in [-0.15, -0.1) is 0 Å². The molecule has 0 aliphatic rings. The summed E-state index contributed by atoms with van der Waals surface area (Å²) in [5, 5.41) is 2.50. The lowest BCUT2D eigenvalue weighted by Crippen LogP contribution is -2.32. The molecule has 0 saturated heterocycles. The second-order valence-electron chi connectivity index (χ2n) is 5.24. The van der Waals surface area contributed by atoms with Crippen molar-refractivity contribution in [1.82, 2.24) is 10.3 Å². The van der Waals surface area contributed by atoms with Crippen LogP contribution in [0.2, 0.25) is 0 Å². The van der Waals surface area contributed by atoms with Crippen molar-refractivity contribution in [2.45, 2.75) is 32.9 Å². The number of nitrogens with zero attached hydrogens (tertiary/aromatic N) is 1. The van der Waals surface area contributed by atoms with Crippen LogP contribution in [0.25, 0.3) is 0 Å². The van der Waals surface area contributed by atoms with Crippen molar-refractivity contribution in [2.24, 2.45) is 0 Å². The molecule has 0 atom stereocenters. The average molecular weight is 294 g/mol. The molecule has 0 radical (unpaired) electrons. The van der Waals surface area contributed by atoms with E-state index in [1.54, 1.807) is 20.8 Å². The Morgan fingerprint density at radius 3 is 2.52 bits per heavy atom. The van der Waals surface area contributed by atoms with Crippen molar-refractivity contribution in [2.75, 3.05) is 7.11 Å². The first-order valence-corrected chi connectivity index (χ1v) is 6.26. The van der Waals surface area contributed by atoms with Gasteiger partial charge in [0.15, 0.2) is 0 Å². The number of hydrogen-bond acceptors (Lipinski definition) is 6. The number of aromatic nitrogens is 1. The first-order valence-electron chi connectivity index (χ1n) is 6.26. The molecule has 21 heavy (non-hydrogen) atoms. The topological polar surface area (TPSA) is 94.6 Å². The second kappa shape index (κ2) is 6.83. The van der Waals surface area contributed by atoms with Crippen molar-refractivity contribution in [3.8, 4) is 0 Å². The summed E-state index contributed by atoms with van der Waals surface area (Å²) in [6.45, 7) is 5.26. The van der Waals surface area contributed by atoms with Crippen LogP contribution in [0.5, 0.6) is 0 Å². The van der Waals surface area contributed by atoms with E-state index in [-0.39, 0.29) is 17.8 Å². The number of hydrogen-bond donors (Lipinski definition) is 1. The number of ether oxygens (including phenoxy) is 2. The molecule has 0 unspecified atom stereocenters. The van der Waals surface area contributed by atoms with Gasteiger partial charge in [0.2, 0.25) is 0 Å². The van der Waals surface area contributed by atoms with E-state index in [2.05, 4.69) is 15.0 Å². The fourth-order valence-corrected chi connectivity index (χ4v) is 1.46. The van der Waals surface area contributed by atoms with Gasteiger partial charge in [0.1, 0.15) is 17.6 Å². The molecule has 1 heterocycles. The van der Waals surface area contributed by atoms with Crippen LogP contribution in [0, 0.1) is 0 Å². The highest BCUT2D eigenvalue weighted by molar-refractivity contribution is 5.89. The molecule has 1 aromatic rings. The minimum atomic E-state index is -0.655. The summed E-state index contributed by atoms with van der Waals surface area (Å²) >= 11 is 0. The van der Waals surface area contributed by atoms with Gasteiger partial charge in [-0.25, -0.2) is 14.6 Å². The molecule has 0 fully saturated rings. The Kier molecular flexibility index (Phi) is 5.40. The molecule has 1 N–H and O–H groups in total. The first kappa shape index (κ1) is 16.6. The van der Waals surface area contributed by atoms with Crippen molar-refractivity contribution >= 4 is 18.3 Å². The summed E-state index contributed by atoms with van der Waals surface area (Å²) in [6.07, 6.45) is -0.0223. The third-order valence-electron chi connectivity index (χ3n) is 2.24. The van der Waals surface area contributed by atoms with E-state index < -0.39 is 17.7 Å². The van der Waals surface area contributed by atoms with Crippen molar-refractivity contribution in [3.63, 3.8) is 0 Å². The van der Waals surface area contributed by atoms with E-state index in [4.69, 9.17) is 4.74 Å². The lowest BCUT2D eigenvalue weighted by Gasteiger charge is -2.19. The van der Waals surface area contributed by atoms with Crippen molar-refractivity contribution in [1.29, 1.82) is 0 Å². The zero-order chi connectivity index (χ0) is 16.0. The molecule has 1 amide bonds. The molecule has 0 aromatic carbocycles. The number of carbonyl (C=O) groups is 3. The fourth-order valence-electron chi connectivity index (χ4n) is 1.46. The van der Waals surface area contributed by atoms with E-state index in [1.807, 2.05) is 0 Å². The zero-order valence-electron chi connectivity index (χ0n) is 12.4. The lowest BCUT2D eigenvalue weighted by atomic mass is 10.2. The van der Waals surface area contributed by atoms with Crippen LogP contribution in [-0.4, -0.2) is 36.0 Å². The number of nitrogens with one attached hydrogen (secondary N) is 1. The second-order valence-corrected chi connectivity index (χ2v) is 5.24. The van der Waals surface area contributed by atoms with E-state index in [0.717, 1.165) is 0 Å². The molecule has 7 heteroatoms. The number of rotatable bonds is 4. The fraction of sp³-hybridized carbons (Fsp3) is 0.429. The summed E-state index contributed by atoms with van der Waals surface area (Å²) in [7, 11) is 1.22. The van der Waals surface area contributed by atoms with E-state index >= 15 is 0 Å². The molecule has 1 aromatic heterocycles. The van der Waals surface area contributed by atoms with E-state index in [1.165, 1.54) is 19.2 Å². The Balaban J connectivity index is 2.81. The Hall–Kier alpha value is -2.44. The molecule has 0 aliphatic heterocycles. The minimum Gasteiger partial charge on any atom is -0.464 e. The summed E-state index contributed by atoms with van der Waals surface area (Å²) in [6, 6.07) is 2.78. The maximum atomic E-state index is 11.5. The van der Waals surface area contributed by atoms with Crippen LogP contribution in [0.15, 0.2) is 12.1 Å². The third-order valence-corrected chi connectivity index (χ3v) is 2.24. The summed E-state index contributed by atoms with van der Waals surface area (Å²) in [4.78, 5) is 37.9. The summed E-state index contributed by atoms with van der Waals surface area (Å²) in [5.41, 5.74) is 0.0135. The maximum absolute atomic E-state index is 11.5. The van der Waals surface area contributed by atoms with Crippen LogP contribution in [-0.2, 0) is 16.0 Å². The summed E-state index contributed by atoms with van der Waals surface area (Å²) in [5.74, 6) is -0.655. The maximum Gasteiger partial charge on any atom is 0.407 e. The predicted molar refractivity (Wildman–Crippen MR) is 74.0 cm³/mol. The molecule has 0 spiro atoms. The van der Waals surface area contributed by atoms with Gasteiger partial charge in [-0.2, -0.15) is 0 Å².